The average Bonchev–Trinajstić information content (AvgIpc) is 3.17. The minimum atomic E-state index is -0.950. The Morgan fingerprint density at radius 2 is 2.08 bits per heavy atom. The summed E-state index contributed by atoms with van der Waals surface area (Å²) in [5.41, 5.74) is 5.09. The van der Waals surface area contributed by atoms with Crippen LogP contribution in [0.3, 0.4) is 0 Å². The number of nitrogens with zero attached hydrogens (tertiary/aromatic N) is 1. The number of nitrogens with one attached hydrogen (secondary N) is 1. The fourth-order valence-corrected chi connectivity index (χ4v) is 4.54. The normalized spacial score (nSPS) is 35.6. The third-order valence-electron chi connectivity index (χ3n) is 5.62. The molecular formula is C16H19N3O6. The molecule has 9 heteroatoms. The molecule has 0 bridgehead atoms. The molecule has 3 heterocycles. The Kier molecular flexibility index (Phi) is 3.26. The van der Waals surface area contributed by atoms with Gasteiger partial charge >= 0.3 is 6.09 Å². The lowest BCUT2D eigenvalue weighted by Gasteiger charge is -2.44. The molecule has 4 aliphatic rings. The molecule has 9 nitrogen and oxygen atoms in total. The zero-order chi connectivity index (χ0) is 18.1. The Bertz CT molecular complexity index is 772. The Balaban J connectivity index is 1.86. The SMILES string of the molecule is COC1=C(C)C(=O)C2=C(C1=O)[C@@H](COC(N)=O)[C@]1(OC)NCC3[C@@H]1N23. The van der Waals surface area contributed by atoms with Crippen molar-refractivity contribution >= 4 is 17.7 Å². The maximum absolute atomic E-state index is 13.0. The molecule has 0 saturated carbocycles. The van der Waals surface area contributed by atoms with Crippen LogP contribution >= 0.6 is 0 Å². The molecule has 134 valence electrons. The van der Waals surface area contributed by atoms with Crippen LogP contribution in [-0.4, -0.2) is 67.7 Å². The highest BCUT2D eigenvalue weighted by atomic mass is 16.6. The zero-order valence-corrected chi connectivity index (χ0v) is 14.1. The fourth-order valence-electron chi connectivity index (χ4n) is 4.54. The Labute approximate surface area is 143 Å². The van der Waals surface area contributed by atoms with Crippen molar-refractivity contribution < 1.29 is 28.6 Å². The number of ketones is 2. The summed E-state index contributed by atoms with van der Waals surface area (Å²) in [6.07, 6.45) is -0.950. The van der Waals surface area contributed by atoms with Gasteiger partial charge in [-0.25, -0.2) is 4.79 Å². The van der Waals surface area contributed by atoms with Crippen LogP contribution in [0.15, 0.2) is 22.6 Å². The number of fused-ring (bicyclic) bond motifs is 2. The molecule has 0 aromatic carbocycles. The van der Waals surface area contributed by atoms with Gasteiger partial charge in [-0.3, -0.25) is 14.9 Å². The van der Waals surface area contributed by atoms with E-state index >= 15 is 0 Å². The number of methoxy groups -OCH3 is 2. The number of piperazine rings is 1. The first-order chi connectivity index (χ1) is 11.9. The van der Waals surface area contributed by atoms with Crippen molar-refractivity contribution in [2.75, 3.05) is 27.4 Å². The van der Waals surface area contributed by atoms with Crippen molar-refractivity contribution in [1.29, 1.82) is 0 Å². The van der Waals surface area contributed by atoms with Gasteiger partial charge in [-0.05, 0) is 6.92 Å². The second kappa shape index (κ2) is 5.06. The van der Waals surface area contributed by atoms with Gasteiger partial charge in [0.25, 0.3) is 0 Å². The highest BCUT2D eigenvalue weighted by Crippen LogP contribution is 2.56. The van der Waals surface area contributed by atoms with E-state index < -0.39 is 17.7 Å². The standard InChI is InChI=1S/C16H19N3O6/c1-6-11(20)10-9(12(21)13(6)23-2)7(5-25-15(17)22)16(24-3)14-8(4-18-16)19(10)14/h7-8,14,18H,4-5H2,1-3H3,(H2,17,22)/t7-,8?,14+,16-,19?/m1/s1. The lowest BCUT2D eigenvalue weighted by molar-refractivity contribution is -0.128. The summed E-state index contributed by atoms with van der Waals surface area (Å²) in [7, 11) is 2.88. The summed E-state index contributed by atoms with van der Waals surface area (Å²) in [4.78, 5) is 39.0. The summed E-state index contributed by atoms with van der Waals surface area (Å²) < 4.78 is 15.9. The second-order valence-corrected chi connectivity index (χ2v) is 6.56. The number of primary amides is 1. The van der Waals surface area contributed by atoms with E-state index in [1.807, 2.05) is 4.90 Å². The van der Waals surface area contributed by atoms with Crippen LogP contribution in [-0.2, 0) is 23.8 Å². The first kappa shape index (κ1) is 16.1. The average molecular weight is 349 g/mol. The number of nitrogens with two attached hydrogens (primary N) is 1. The van der Waals surface area contributed by atoms with E-state index in [1.165, 1.54) is 14.2 Å². The Morgan fingerprint density at radius 1 is 1.36 bits per heavy atom. The number of allylic oxidation sites excluding steroid dienone is 2. The maximum atomic E-state index is 13.0. The number of carbonyl (C=O) groups excluding carboxylic acids is 3. The Morgan fingerprint density at radius 3 is 2.68 bits per heavy atom. The van der Waals surface area contributed by atoms with Crippen LogP contribution in [0.2, 0.25) is 0 Å². The lowest BCUT2D eigenvalue weighted by Crippen LogP contribution is -2.62. The number of hydrogen-bond acceptors (Lipinski definition) is 8. The second-order valence-electron chi connectivity index (χ2n) is 6.56. The summed E-state index contributed by atoms with van der Waals surface area (Å²) in [6, 6.07) is -0.0245. The van der Waals surface area contributed by atoms with Gasteiger partial charge in [0.05, 0.1) is 30.8 Å². The van der Waals surface area contributed by atoms with Gasteiger partial charge in [-0.15, -0.1) is 0 Å². The smallest absolute Gasteiger partial charge is 0.404 e. The minimum absolute atomic E-state index is 0.00949. The van der Waals surface area contributed by atoms with Gasteiger partial charge in [0.1, 0.15) is 6.61 Å². The van der Waals surface area contributed by atoms with Crippen LogP contribution in [0.5, 0.6) is 0 Å². The van der Waals surface area contributed by atoms with E-state index in [1.54, 1.807) is 6.92 Å². The highest BCUT2D eigenvalue weighted by molar-refractivity contribution is 6.24. The topological polar surface area (TPSA) is 120 Å². The first-order valence-electron chi connectivity index (χ1n) is 7.98. The summed E-state index contributed by atoms with van der Waals surface area (Å²) in [6.45, 7) is 2.03. The largest absolute Gasteiger partial charge is 0.492 e. The highest BCUT2D eigenvalue weighted by Gasteiger charge is 2.74. The third kappa shape index (κ3) is 1.82. The Hall–Kier alpha value is -2.39. The molecule has 25 heavy (non-hydrogen) atoms. The van der Waals surface area contributed by atoms with E-state index in [0.29, 0.717) is 12.2 Å². The van der Waals surface area contributed by atoms with Crippen molar-refractivity contribution in [1.82, 2.24) is 10.2 Å². The van der Waals surface area contributed by atoms with Gasteiger partial charge in [-0.1, -0.05) is 0 Å². The van der Waals surface area contributed by atoms with Crippen molar-refractivity contribution in [3.8, 4) is 0 Å². The number of rotatable bonds is 4. The van der Waals surface area contributed by atoms with Gasteiger partial charge in [-0.2, -0.15) is 0 Å². The van der Waals surface area contributed by atoms with Gasteiger partial charge < -0.3 is 24.8 Å². The first-order valence-corrected chi connectivity index (χ1v) is 7.98. The molecule has 1 unspecified atom stereocenters. The number of hydrogen-bond donors (Lipinski definition) is 2. The summed E-state index contributed by atoms with van der Waals surface area (Å²) in [5.74, 6) is -1.28. The molecule has 4 rings (SSSR count). The van der Waals surface area contributed by atoms with Gasteiger partial charge in [0.15, 0.2) is 11.5 Å². The van der Waals surface area contributed by atoms with Crippen molar-refractivity contribution in [3.63, 3.8) is 0 Å². The monoisotopic (exact) mass is 349 g/mol. The maximum Gasteiger partial charge on any atom is 0.404 e. The molecule has 1 amide bonds. The van der Waals surface area contributed by atoms with Crippen LogP contribution in [0.1, 0.15) is 6.92 Å². The minimum Gasteiger partial charge on any atom is -0.492 e. The summed E-state index contributed by atoms with van der Waals surface area (Å²) >= 11 is 0. The van der Waals surface area contributed by atoms with E-state index in [9.17, 15) is 14.4 Å². The summed E-state index contributed by atoms with van der Waals surface area (Å²) in [5, 5.41) is 3.29. The molecular weight excluding hydrogens is 330 g/mol. The number of carbonyl (C=O) groups is 3. The van der Waals surface area contributed by atoms with E-state index in [0.717, 1.165) is 0 Å². The number of Topliss-reactive ketones (excluding diaryl/α,β-unsaturated/α-hetero) is 2. The zero-order valence-electron chi connectivity index (χ0n) is 14.1. The van der Waals surface area contributed by atoms with Gasteiger partial charge in [0.2, 0.25) is 11.6 Å². The van der Waals surface area contributed by atoms with Crippen LogP contribution < -0.4 is 11.1 Å². The van der Waals surface area contributed by atoms with Crippen LogP contribution in [0, 0.1) is 5.92 Å². The predicted molar refractivity (Wildman–Crippen MR) is 82.9 cm³/mol. The molecule has 0 aromatic heterocycles. The van der Waals surface area contributed by atoms with Crippen molar-refractivity contribution in [3.05, 3.63) is 22.6 Å². The molecule has 2 fully saturated rings. The van der Waals surface area contributed by atoms with E-state index in [-0.39, 0.29) is 47.2 Å². The molecule has 3 aliphatic heterocycles. The molecule has 1 aliphatic carbocycles. The predicted octanol–water partition coefficient (Wildman–Crippen LogP) is -0.963. The molecule has 0 spiro atoms. The molecule has 4 atom stereocenters. The number of amides is 1. The van der Waals surface area contributed by atoms with Crippen molar-refractivity contribution in [2.45, 2.75) is 24.7 Å². The van der Waals surface area contributed by atoms with Crippen LogP contribution in [0.25, 0.3) is 0 Å². The molecule has 0 radical (unpaired) electrons. The molecule has 2 saturated heterocycles. The molecule has 3 N–H and O–H groups in total. The van der Waals surface area contributed by atoms with E-state index in [2.05, 4.69) is 5.32 Å². The quantitative estimate of drug-likeness (QED) is 0.492. The van der Waals surface area contributed by atoms with Gasteiger partial charge in [0, 0.05) is 24.8 Å². The van der Waals surface area contributed by atoms with E-state index in [4.69, 9.17) is 19.9 Å². The third-order valence-corrected chi connectivity index (χ3v) is 5.62. The van der Waals surface area contributed by atoms with Crippen molar-refractivity contribution in [2.24, 2.45) is 11.7 Å². The fraction of sp³-hybridized carbons (Fsp3) is 0.562. The van der Waals surface area contributed by atoms with Crippen LogP contribution in [0.4, 0.5) is 4.79 Å². The molecule has 0 aromatic rings. The lowest BCUT2D eigenvalue weighted by atomic mass is 9.76. The number of ether oxygens (including phenoxy) is 3.